The van der Waals surface area contributed by atoms with Gasteiger partial charge in [0.25, 0.3) is 0 Å². The van der Waals surface area contributed by atoms with Crippen LogP contribution in [0.3, 0.4) is 0 Å². The van der Waals surface area contributed by atoms with E-state index in [1.165, 1.54) is 12.8 Å². The Morgan fingerprint density at radius 1 is 1.37 bits per heavy atom. The van der Waals surface area contributed by atoms with Crippen molar-refractivity contribution in [1.29, 1.82) is 0 Å². The molecule has 1 heterocycles. The van der Waals surface area contributed by atoms with Gasteiger partial charge < -0.3 is 10.0 Å². The molecule has 19 heavy (non-hydrogen) atoms. The van der Waals surface area contributed by atoms with Crippen LogP contribution in [-0.2, 0) is 0 Å². The summed E-state index contributed by atoms with van der Waals surface area (Å²) >= 11 is 0. The Bertz CT molecular complexity index is 430. The molecule has 0 amide bonds. The first-order valence-electron chi connectivity index (χ1n) is 6.92. The number of hydrogen-bond acceptors (Lipinski definition) is 3. The van der Waals surface area contributed by atoms with Crippen molar-refractivity contribution in [2.75, 3.05) is 18.5 Å². The maximum Gasteiger partial charge on any atom is 0.335 e. The minimum atomic E-state index is -0.896. The molecule has 0 aliphatic rings. The molecule has 4 heteroatoms. The zero-order valence-electron chi connectivity index (χ0n) is 12.3. The number of carboxylic acids is 1. The first-order valence-corrected chi connectivity index (χ1v) is 6.92. The Kier molecular flexibility index (Phi) is 5.80. The van der Waals surface area contributed by atoms with Crippen molar-refractivity contribution in [3.05, 3.63) is 23.4 Å². The molecule has 1 aromatic rings. The standard InChI is InChI=1S/C15H24N2O2/c1-5-6-7-8-17(4)14-10-12(15(18)19)9-13(16-14)11(2)3/h9-11H,5-8H2,1-4H3,(H,18,19). The molecule has 0 saturated carbocycles. The third-order valence-electron chi connectivity index (χ3n) is 3.16. The van der Waals surface area contributed by atoms with Crippen molar-refractivity contribution < 1.29 is 9.90 Å². The summed E-state index contributed by atoms with van der Waals surface area (Å²) in [6.07, 6.45) is 3.46. The predicted octanol–water partition coefficient (Wildman–Crippen LogP) is 3.53. The van der Waals surface area contributed by atoms with Gasteiger partial charge in [-0.25, -0.2) is 9.78 Å². The van der Waals surface area contributed by atoms with Crippen molar-refractivity contribution in [2.24, 2.45) is 0 Å². The van der Waals surface area contributed by atoms with Crippen molar-refractivity contribution in [1.82, 2.24) is 4.98 Å². The Labute approximate surface area is 115 Å². The van der Waals surface area contributed by atoms with Gasteiger partial charge in [-0.3, -0.25) is 0 Å². The lowest BCUT2D eigenvalue weighted by Gasteiger charge is -2.20. The largest absolute Gasteiger partial charge is 0.478 e. The lowest BCUT2D eigenvalue weighted by molar-refractivity contribution is 0.0696. The number of carbonyl (C=O) groups is 1. The summed E-state index contributed by atoms with van der Waals surface area (Å²) in [5.74, 6) is 0.0781. The van der Waals surface area contributed by atoms with E-state index in [0.717, 1.165) is 24.5 Å². The van der Waals surface area contributed by atoms with Crippen molar-refractivity contribution in [3.8, 4) is 0 Å². The van der Waals surface area contributed by atoms with Gasteiger partial charge in [0, 0.05) is 19.3 Å². The molecule has 0 aromatic carbocycles. The van der Waals surface area contributed by atoms with E-state index in [0.29, 0.717) is 5.56 Å². The summed E-state index contributed by atoms with van der Waals surface area (Å²) < 4.78 is 0. The first-order chi connectivity index (χ1) is 8.95. The Balaban J connectivity index is 2.95. The monoisotopic (exact) mass is 264 g/mol. The molecule has 0 aliphatic heterocycles. The SMILES string of the molecule is CCCCCN(C)c1cc(C(=O)O)cc(C(C)C)n1. The minimum Gasteiger partial charge on any atom is -0.478 e. The molecule has 0 saturated heterocycles. The van der Waals surface area contributed by atoms with Gasteiger partial charge in [-0.2, -0.15) is 0 Å². The number of rotatable bonds is 7. The zero-order chi connectivity index (χ0) is 14.4. The lowest BCUT2D eigenvalue weighted by Crippen LogP contribution is -2.21. The average molecular weight is 264 g/mol. The Hall–Kier alpha value is -1.58. The predicted molar refractivity (Wildman–Crippen MR) is 78.1 cm³/mol. The molecule has 0 bridgehead atoms. The molecule has 0 fully saturated rings. The molecular formula is C15H24N2O2. The molecule has 106 valence electrons. The van der Waals surface area contributed by atoms with E-state index in [9.17, 15) is 4.79 Å². The smallest absolute Gasteiger partial charge is 0.335 e. The fourth-order valence-corrected chi connectivity index (χ4v) is 1.87. The zero-order valence-corrected chi connectivity index (χ0v) is 12.3. The number of pyridine rings is 1. The number of hydrogen-bond donors (Lipinski definition) is 1. The van der Waals surface area contributed by atoms with E-state index < -0.39 is 5.97 Å². The second-order valence-electron chi connectivity index (χ2n) is 5.23. The van der Waals surface area contributed by atoms with Crippen LogP contribution in [-0.4, -0.2) is 29.7 Å². The Morgan fingerprint density at radius 2 is 2.05 bits per heavy atom. The van der Waals surface area contributed by atoms with Crippen LogP contribution in [0.15, 0.2) is 12.1 Å². The van der Waals surface area contributed by atoms with E-state index in [1.54, 1.807) is 12.1 Å². The first kappa shape index (κ1) is 15.5. The van der Waals surface area contributed by atoms with Gasteiger partial charge in [-0.15, -0.1) is 0 Å². The highest BCUT2D eigenvalue weighted by atomic mass is 16.4. The molecule has 1 N–H and O–H groups in total. The van der Waals surface area contributed by atoms with E-state index >= 15 is 0 Å². The van der Waals surface area contributed by atoms with Crippen LogP contribution >= 0.6 is 0 Å². The molecule has 0 unspecified atom stereocenters. The maximum atomic E-state index is 11.2. The minimum absolute atomic E-state index is 0.224. The van der Waals surface area contributed by atoms with Gasteiger partial charge in [0.1, 0.15) is 5.82 Å². The van der Waals surface area contributed by atoms with E-state index in [1.807, 2.05) is 25.8 Å². The fraction of sp³-hybridized carbons (Fsp3) is 0.600. The van der Waals surface area contributed by atoms with Gasteiger partial charge in [-0.1, -0.05) is 33.6 Å². The molecule has 0 atom stereocenters. The van der Waals surface area contributed by atoms with Crippen LogP contribution in [0.25, 0.3) is 0 Å². The quantitative estimate of drug-likeness (QED) is 0.765. The van der Waals surface area contributed by atoms with E-state index in [2.05, 4.69) is 11.9 Å². The molecule has 1 aromatic heterocycles. The number of aromatic carboxylic acids is 1. The average Bonchev–Trinajstić information content (AvgIpc) is 2.38. The summed E-state index contributed by atoms with van der Waals surface area (Å²) in [7, 11) is 1.97. The number of carboxylic acid groups (broad SMARTS) is 1. The van der Waals surface area contributed by atoms with Crippen LogP contribution in [0.1, 0.15) is 62.0 Å². The molecule has 1 rings (SSSR count). The van der Waals surface area contributed by atoms with Crippen molar-refractivity contribution in [3.63, 3.8) is 0 Å². The third-order valence-corrected chi connectivity index (χ3v) is 3.16. The number of unbranched alkanes of at least 4 members (excludes halogenated alkanes) is 2. The van der Waals surface area contributed by atoms with Gasteiger partial charge in [0.2, 0.25) is 0 Å². The van der Waals surface area contributed by atoms with Gasteiger partial charge in [-0.05, 0) is 24.5 Å². The van der Waals surface area contributed by atoms with E-state index in [-0.39, 0.29) is 5.92 Å². The van der Waals surface area contributed by atoms with Gasteiger partial charge in [0.15, 0.2) is 0 Å². The molecule has 0 spiro atoms. The van der Waals surface area contributed by atoms with Crippen LogP contribution in [0.5, 0.6) is 0 Å². The van der Waals surface area contributed by atoms with Gasteiger partial charge in [0.05, 0.1) is 5.56 Å². The second kappa shape index (κ2) is 7.12. The topological polar surface area (TPSA) is 53.4 Å². The van der Waals surface area contributed by atoms with Gasteiger partial charge >= 0.3 is 5.97 Å². The molecule has 0 radical (unpaired) electrons. The normalized spacial score (nSPS) is 10.8. The van der Waals surface area contributed by atoms with Crippen LogP contribution < -0.4 is 4.90 Å². The summed E-state index contributed by atoms with van der Waals surface area (Å²) in [6.45, 7) is 7.12. The summed E-state index contributed by atoms with van der Waals surface area (Å²) in [6, 6.07) is 3.32. The number of nitrogens with zero attached hydrogens (tertiary/aromatic N) is 2. The fourth-order valence-electron chi connectivity index (χ4n) is 1.87. The summed E-state index contributed by atoms with van der Waals surface area (Å²) in [5.41, 5.74) is 1.15. The van der Waals surface area contributed by atoms with Crippen molar-refractivity contribution in [2.45, 2.75) is 46.0 Å². The number of anilines is 1. The van der Waals surface area contributed by atoms with Crippen LogP contribution in [0, 0.1) is 0 Å². The number of aromatic nitrogens is 1. The van der Waals surface area contributed by atoms with Crippen LogP contribution in [0.2, 0.25) is 0 Å². The maximum absolute atomic E-state index is 11.2. The van der Waals surface area contributed by atoms with Crippen molar-refractivity contribution >= 4 is 11.8 Å². The highest BCUT2D eigenvalue weighted by Gasteiger charge is 2.12. The lowest BCUT2D eigenvalue weighted by atomic mass is 10.1. The molecule has 4 nitrogen and oxygen atoms in total. The highest BCUT2D eigenvalue weighted by Crippen LogP contribution is 2.20. The second-order valence-corrected chi connectivity index (χ2v) is 5.23. The molecular weight excluding hydrogens is 240 g/mol. The van der Waals surface area contributed by atoms with E-state index in [4.69, 9.17) is 5.11 Å². The summed E-state index contributed by atoms with van der Waals surface area (Å²) in [5, 5.41) is 9.17. The third kappa shape index (κ3) is 4.54. The Morgan fingerprint density at radius 3 is 2.58 bits per heavy atom. The van der Waals surface area contributed by atoms with Crippen LogP contribution in [0.4, 0.5) is 5.82 Å². The highest BCUT2D eigenvalue weighted by molar-refractivity contribution is 5.88. The molecule has 0 aliphatic carbocycles. The summed E-state index contributed by atoms with van der Waals surface area (Å²) in [4.78, 5) is 17.8.